The molecule has 1 saturated carbocycles. The van der Waals surface area contributed by atoms with Crippen LogP contribution in [0.15, 0.2) is 17.5 Å². The van der Waals surface area contributed by atoms with Gasteiger partial charge in [0.2, 0.25) is 5.91 Å². The molecule has 23 heavy (non-hydrogen) atoms. The van der Waals surface area contributed by atoms with Crippen molar-refractivity contribution in [1.29, 1.82) is 0 Å². The second-order valence-electron chi connectivity index (χ2n) is 6.63. The largest absolute Gasteiger partial charge is 0.360 e. The van der Waals surface area contributed by atoms with Gasteiger partial charge >= 0.3 is 0 Å². The molecule has 1 N–H and O–H groups in total. The molecule has 0 radical (unpaired) electrons. The molecule has 3 aliphatic rings. The Morgan fingerprint density at radius 1 is 1.17 bits per heavy atom. The molecule has 7 heteroatoms. The first kappa shape index (κ1) is 18.8. The van der Waals surface area contributed by atoms with Gasteiger partial charge in [0, 0.05) is 32.1 Å². The Kier molecular flexibility index (Phi) is 6.22. The summed E-state index contributed by atoms with van der Waals surface area (Å²) < 4.78 is 0. The Bertz CT molecular complexity index is 511. The van der Waals surface area contributed by atoms with E-state index in [1.165, 1.54) is 17.8 Å². The maximum Gasteiger partial charge on any atom is 0.226 e. The SMILES string of the molecule is Cl.Cl.O=C(C1CC12CCNCC2)N1CCN(c2cccs2)CC1. The lowest BCUT2D eigenvalue weighted by molar-refractivity contribution is -0.133. The van der Waals surface area contributed by atoms with Gasteiger partial charge in [0.15, 0.2) is 0 Å². The van der Waals surface area contributed by atoms with Crippen molar-refractivity contribution >= 4 is 47.1 Å². The lowest BCUT2D eigenvalue weighted by atomic mass is 9.91. The number of hydrogen-bond donors (Lipinski definition) is 1. The topological polar surface area (TPSA) is 35.6 Å². The van der Waals surface area contributed by atoms with Crippen molar-refractivity contribution in [2.24, 2.45) is 11.3 Å². The highest BCUT2D eigenvalue weighted by molar-refractivity contribution is 7.14. The molecule has 4 nitrogen and oxygen atoms in total. The van der Waals surface area contributed by atoms with Crippen molar-refractivity contribution in [1.82, 2.24) is 10.2 Å². The van der Waals surface area contributed by atoms with Crippen LogP contribution in [0.2, 0.25) is 0 Å². The van der Waals surface area contributed by atoms with E-state index in [4.69, 9.17) is 0 Å². The molecule has 2 saturated heterocycles. The van der Waals surface area contributed by atoms with Gasteiger partial charge in [0.25, 0.3) is 0 Å². The second-order valence-corrected chi connectivity index (χ2v) is 7.56. The summed E-state index contributed by atoms with van der Waals surface area (Å²) >= 11 is 1.79. The molecule has 1 aromatic rings. The van der Waals surface area contributed by atoms with Crippen molar-refractivity contribution in [2.45, 2.75) is 19.3 Å². The summed E-state index contributed by atoms with van der Waals surface area (Å²) in [4.78, 5) is 17.2. The number of amides is 1. The summed E-state index contributed by atoms with van der Waals surface area (Å²) in [5, 5.41) is 6.87. The Morgan fingerprint density at radius 3 is 2.48 bits per heavy atom. The van der Waals surface area contributed by atoms with Gasteiger partial charge in [-0.15, -0.1) is 36.2 Å². The van der Waals surface area contributed by atoms with E-state index < -0.39 is 0 Å². The first-order valence-electron chi connectivity index (χ1n) is 8.06. The molecule has 0 aromatic carbocycles. The number of rotatable bonds is 2. The summed E-state index contributed by atoms with van der Waals surface area (Å²) in [6, 6.07) is 4.27. The van der Waals surface area contributed by atoms with E-state index in [1.54, 1.807) is 11.3 Å². The number of nitrogens with zero attached hydrogens (tertiary/aromatic N) is 2. The van der Waals surface area contributed by atoms with E-state index in [9.17, 15) is 4.79 Å². The van der Waals surface area contributed by atoms with Gasteiger partial charge in [0.05, 0.1) is 5.00 Å². The van der Waals surface area contributed by atoms with Crippen LogP contribution >= 0.6 is 36.2 Å². The van der Waals surface area contributed by atoms with Crippen molar-refractivity contribution in [2.75, 3.05) is 44.2 Å². The number of anilines is 1. The van der Waals surface area contributed by atoms with Crippen LogP contribution in [-0.2, 0) is 4.79 Å². The smallest absolute Gasteiger partial charge is 0.226 e. The second kappa shape index (κ2) is 7.60. The molecule has 3 fully saturated rings. The van der Waals surface area contributed by atoms with Gasteiger partial charge in [0.1, 0.15) is 0 Å². The van der Waals surface area contributed by atoms with Crippen LogP contribution in [0.25, 0.3) is 0 Å². The maximum absolute atomic E-state index is 12.7. The normalized spacial score (nSPS) is 25.5. The number of halogens is 2. The van der Waals surface area contributed by atoms with E-state index in [0.717, 1.165) is 45.7 Å². The fourth-order valence-corrected chi connectivity index (χ4v) is 4.78. The van der Waals surface area contributed by atoms with Gasteiger partial charge in [-0.05, 0) is 55.3 Å². The molecule has 1 amide bonds. The quantitative estimate of drug-likeness (QED) is 0.860. The third-order valence-corrected chi connectivity index (χ3v) is 6.43. The van der Waals surface area contributed by atoms with Crippen LogP contribution in [0.1, 0.15) is 19.3 Å². The van der Waals surface area contributed by atoms with Gasteiger partial charge in [-0.1, -0.05) is 0 Å². The highest BCUT2D eigenvalue weighted by atomic mass is 35.5. The predicted octanol–water partition coefficient (Wildman–Crippen LogP) is 2.63. The number of carbonyl (C=O) groups excluding carboxylic acids is 1. The average molecular weight is 378 g/mol. The zero-order chi connectivity index (χ0) is 14.3. The van der Waals surface area contributed by atoms with Crippen molar-refractivity contribution in [3.8, 4) is 0 Å². The summed E-state index contributed by atoms with van der Waals surface area (Å²) in [6.07, 6.45) is 3.52. The van der Waals surface area contributed by atoms with Crippen LogP contribution in [0, 0.1) is 11.3 Å². The fraction of sp³-hybridized carbons (Fsp3) is 0.688. The average Bonchev–Trinajstić information content (AvgIpc) is 2.99. The van der Waals surface area contributed by atoms with E-state index >= 15 is 0 Å². The van der Waals surface area contributed by atoms with E-state index in [-0.39, 0.29) is 24.8 Å². The summed E-state index contributed by atoms with van der Waals surface area (Å²) in [5.41, 5.74) is 0.368. The molecular formula is C16H25Cl2N3OS. The Morgan fingerprint density at radius 2 is 1.87 bits per heavy atom. The predicted molar refractivity (Wildman–Crippen MR) is 100 cm³/mol. The van der Waals surface area contributed by atoms with Crippen LogP contribution in [-0.4, -0.2) is 50.1 Å². The van der Waals surface area contributed by atoms with Gasteiger partial charge in [-0.2, -0.15) is 0 Å². The minimum absolute atomic E-state index is 0. The first-order chi connectivity index (χ1) is 10.3. The van der Waals surface area contributed by atoms with Crippen LogP contribution < -0.4 is 10.2 Å². The summed E-state index contributed by atoms with van der Waals surface area (Å²) in [5.74, 6) is 0.760. The number of hydrogen-bond acceptors (Lipinski definition) is 4. The van der Waals surface area contributed by atoms with Gasteiger partial charge < -0.3 is 15.1 Å². The number of nitrogens with one attached hydrogen (secondary N) is 1. The van der Waals surface area contributed by atoms with Crippen molar-refractivity contribution in [3.63, 3.8) is 0 Å². The minimum Gasteiger partial charge on any atom is -0.360 e. The molecule has 130 valence electrons. The molecule has 1 unspecified atom stereocenters. The van der Waals surface area contributed by atoms with Crippen LogP contribution in [0.5, 0.6) is 0 Å². The molecule has 1 spiro atoms. The van der Waals surface area contributed by atoms with Crippen LogP contribution in [0.3, 0.4) is 0 Å². The first-order valence-corrected chi connectivity index (χ1v) is 8.94. The number of piperidine rings is 1. The summed E-state index contributed by atoms with van der Waals surface area (Å²) in [7, 11) is 0. The van der Waals surface area contributed by atoms with E-state index in [2.05, 4.69) is 32.6 Å². The zero-order valence-electron chi connectivity index (χ0n) is 13.2. The monoisotopic (exact) mass is 377 g/mol. The highest BCUT2D eigenvalue weighted by Crippen LogP contribution is 2.59. The Balaban J connectivity index is 0.000000960. The number of carbonyl (C=O) groups is 1. The number of piperazine rings is 1. The van der Waals surface area contributed by atoms with Crippen molar-refractivity contribution < 1.29 is 4.79 Å². The Labute approximate surface area is 154 Å². The molecule has 2 aliphatic heterocycles. The van der Waals surface area contributed by atoms with Gasteiger partial charge in [-0.3, -0.25) is 4.79 Å². The third-order valence-electron chi connectivity index (χ3n) is 5.50. The molecule has 4 rings (SSSR count). The molecule has 1 atom stereocenters. The zero-order valence-corrected chi connectivity index (χ0v) is 15.7. The van der Waals surface area contributed by atoms with Crippen LogP contribution in [0.4, 0.5) is 5.00 Å². The van der Waals surface area contributed by atoms with Gasteiger partial charge in [-0.25, -0.2) is 0 Å². The molecule has 0 bridgehead atoms. The lowest BCUT2D eigenvalue weighted by Crippen LogP contribution is -2.49. The molecule has 1 aromatic heterocycles. The maximum atomic E-state index is 12.7. The number of thiophene rings is 1. The highest BCUT2D eigenvalue weighted by Gasteiger charge is 2.58. The summed E-state index contributed by atoms with van der Waals surface area (Å²) in [6.45, 7) is 5.93. The van der Waals surface area contributed by atoms with E-state index in [1.807, 2.05) is 0 Å². The minimum atomic E-state index is 0. The lowest BCUT2D eigenvalue weighted by Gasteiger charge is -2.36. The fourth-order valence-electron chi connectivity index (χ4n) is 3.99. The van der Waals surface area contributed by atoms with E-state index in [0.29, 0.717) is 17.2 Å². The molecular weight excluding hydrogens is 353 g/mol. The van der Waals surface area contributed by atoms with Crippen molar-refractivity contribution in [3.05, 3.63) is 17.5 Å². The third kappa shape index (κ3) is 3.63. The standard InChI is InChI=1S/C16H23N3OS.2ClH/c20-15(13-12-16(13)3-5-17-6-4-16)19-9-7-18(8-10-19)14-2-1-11-21-14;;/h1-2,11,13,17H,3-10,12H2;2*1H. The molecule has 1 aliphatic carbocycles. The molecule has 3 heterocycles. The Hall–Kier alpha value is -0.490.